The molecule has 3 aromatic rings. The Labute approximate surface area is 155 Å². The molecule has 140 valence electrons. The van der Waals surface area contributed by atoms with Crippen LogP contribution in [0.3, 0.4) is 0 Å². The molecule has 0 unspecified atom stereocenters. The topological polar surface area (TPSA) is 123 Å². The van der Waals surface area contributed by atoms with Gasteiger partial charge in [0.05, 0.1) is 24.5 Å². The van der Waals surface area contributed by atoms with Crippen LogP contribution < -0.4 is 16.0 Å². The van der Waals surface area contributed by atoms with Gasteiger partial charge >= 0.3 is 6.03 Å². The highest BCUT2D eigenvalue weighted by Crippen LogP contribution is 2.13. The molecule has 10 nitrogen and oxygen atoms in total. The van der Waals surface area contributed by atoms with E-state index in [-0.39, 0.29) is 12.6 Å². The SMILES string of the molecule is O=C(NCc1cc2n(n1)CCCNC2)NCc1nc(-c2cccnc2)no1. The van der Waals surface area contributed by atoms with Crippen molar-refractivity contribution in [3.63, 3.8) is 0 Å². The zero-order valence-corrected chi connectivity index (χ0v) is 14.7. The van der Waals surface area contributed by atoms with Crippen LogP contribution in [0.15, 0.2) is 35.1 Å². The molecular weight excluding hydrogens is 348 g/mol. The molecular formula is C17H20N8O2. The largest absolute Gasteiger partial charge is 0.337 e. The normalized spacial score (nSPS) is 13.6. The number of amides is 2. The van der Waals surface area contributed by atoms with E-state index in [0.717, 1.165) is 43.0 Å². The van der Waals surface area contributed by atoms with Crippen LogP contribution >= 0.6 is 0 Å². The fraction of sp³-hybridized carbons (Fsp3) is 0.353. The van der Waals surface area contributed by atoms with Crippen molar-refractivity contribution in [2.45, 2.75) is 32.6 Å². The molecule has 0 spiro atoms. The van der Waals surface area contributed by atoms with Crippen LogP contribution in [-0.4, -0.2) is 37.5 Å². The van der Waals surface area contributed by atoms with E-state index in [1.807, 2.05) is 16.8 Å². The molecule has 4 rings (SSSR count). The van der Waals surface area contributed by atoms with Gasteiger partial charge in [-0.3, -0.25) is 9.67 Å². The Kier molecular flexibility index (Phi) is 5.06. The fourth-order valence-corrected chi connectivity index (χ4v) is 2.84. The molecule has 0 bridgehead atoms. The number of nitrogens with zero attached hydrogens (tertiary/aromatic N) is 5. The van der Waals surface area contributed by atoms with E-state index in [1.54, 1.807) is 18.5 Å². The number of hydrogen-bond acceptors (Lipinski definition) is 7. The van der Waals surface area contributed by atoms with Crippen molar-refractivity contribution < 1.29 is 9.32 Å². The predicted molar refractivity (Wildman–Crippen MR) is 95.2 cm³/mol. The second kappa shape index (κ2) is 7.96. The number of carbonyl (C=O) groups excluding carboxylic acids is 1. The third-order valence-electron chi connectivity index (χ3n) is 4.16. The number of urea groups is 1. The second-order valence-corrected chi connectivity index (χ2v) is 6.17. The highest BCUT2D eigenvalue weighted by Gasteiger charge is 2.12. The standard InChI is InChI=1S/C17H20N8O2/c26-17(20-9-13-7-14-10-19-5-2-6-25(14)23-13)21-11-15-22-16(24-27-15)12-3-1-4-18-8-12/h1,3-4,7-8,19H,2,5-6,9-11H2,(H2,20,21,26). The number of aryl methyl sites for hydroxylation is 1. The fourth-order valence-electron chi connectivity index (χ4n) is 2.84. The van der Waals surface area contributed by atoms with Gasteiger partial charge in [-0.25, -0.2) is 4.79 Å². The van der Waals surface area contributed by atoms with Crippen molar-refractivity contribution in [2.75, 3.05) is 6.54 Å². The molecule has 4 heterocycles. The minimum Gasteiger partial charge on any atom is -0.337 e. The molecule has 2 amide bonds. The Morgan fingerprint density at radius 3 is 3.15 bits per heavy atom. The van der Waals surface area contributed by atoms with Crippen molar-refractivity contribution in [3.05, 3.63) is 47.9 Å². The average Bonchev–Trinajstić information content (AvgIpc) is 3.27. The summed E-state index contributed by atoms with van der Waals surface area (Å²) in [5.74, 6) is 0.761. The first kappa shape index (κ1) is 17.2. The maximum absolute atomic E-state index is 12.0. The molecule has 0 fully saturated rings. The van der Waals surface area contributed by atoms with Crippen LogP contribution in [-0.2, 0) is 26.2 Å². The third kappa shape index (κ3) is 4.29. The molecule has 0 radical (unpaired) electrons. The van der Waals surface area contributed by atoms with Gasteiger partial charge in [-0.15, -0.1) is 0 Å². The summed E-state index contributed by atoms with van der Waals surface area (Å²) >= 11 is 0. The number of aromatic nitrogens is 5. The Morgan fingerprint density at radius 1 is 1.33 bits per heavy atom. The van der Waals surface area contributed by atoms with Gasteiger partial charge in [0, 0.05) is 31.0 Å². The van der Waals surface area contributed by atoms with Gasteiger partial charge in [-0.05, 0) is 31.2 Å². The third-order valence-corrected chi connectivity index (χ3v) is 4.16. The van der Waals surface area contributed by atoms with Gasteiger partial charge in [0.1, 0.15) is 0 Å². The lowest BCUT2D eigenvalue weighted by atomic mass is 10.3. The van der Waals surface area contributed by atoms with Gasteiger partial charge in [-0.2, -0.15) is 10.1 Å². The van der Waals surface area contributed by atoms with E-state index in [2.05, 4.69) is 36.2 Å². The first-order valence-electron chi connectivity index (χ1n) is 8.79. The first-order chi connectivity index (χ1) is 13.3. The molecule has 0 saturated carbocycles. The quantitative estimate of drug-likeness (QED) is 0.609. The van der Waals surface area contributed by atoms with Gasteiger partial charge in [-0.1, -0.05) is 5.16 Å². The lowest BCUT2D eigenvalue weighted by molar-refractivity contribution is 0.238. The Morgan fingerprint density at radius 2 is 2.26 bits per heavy atom. The van der Waals surface area contributed by atoms with Gasteiger partial charge in [0.2, 0.25) is 11.7 Å². The van der Waals surface area contributed by atoms with E-state index in [9.17, 15) is 4.79 Å². The van der Waals surface area contributed by atoms with E-state index in [0.29, 0.717) is 18.3 Å². The van der Waals surface area contributed by atoms with E-state index in [1.165, 1.54) is 0 Å². The Balaban J connectivity index is 1.26. The van der Waals surface area contributed by atoms with E-state index < -0.39 is 0 Å². The van der Waals surface area contributed by atoms with Crippen molar-refractivity contribution in [1.29, 1.82) is 0 Å². The molecule has 1 aliphatic heterocycles. The van der Waals surface area contributed by atoms with Crippen molar-refractivity contribution in [3.8, 4) is 11.4 Å². The summed E-state index contributed by atoms with van der Waals surface area (Å²) < 4.78 is 7.14. The number of nitrogens with one attached hydrogen (secondary N) is 3. The summed E-state index contributed by atoms with van der Waals surface area (Å²) in [5, 5.41) is 17.2. The zero-order valence-electron chi connectivity index (χ0n) is 14.7. The zero-order chi connectivity index (χ0) is 18.5. The van der Waals surface area contributed by atoms with E-state index >= 15 is 0 Å². The second-order valence-electron chi connectivity index (χ2n) is 6.17. The van der Waals surface area contributed by atoms with Crippen LogP contribution in [0.25, 0.3) is 11.4 Å². The maximum atomic E-state index is 12.0. The highest BCUT2D eigenvalue weighted by atomic mass is 16.5. The highest BCUT2D eigenvalue weighted by molar-refractivity contribution is 5.73. The van der Waals surface area contributed by atoms with Crippen molar-refractivity contribution in [2.24, 2.45) is 0 Å². The minimum absolute atomic E-state index is 0.142. The van der Waals surface area contributed by atoms with Crippen molar-refractivity contribution in [1.82, 2.24) is 40.9 Å². The van der Waals surface area contributed by atoms with E-state index in [4.69, 9.17) is 4.52 Å². The summed E-state index contributed by atoms with van der Waals surface area (Å²) in [7, 11) is 0. The molecule has 10 heteroatoms. The first-order valence-corrected chi connectivity index (χ1v) is 8.79. The summed E-state index contributed by atoms with van der Waals surface area (Å²) in [5.41, 5.74) is 2.73. The van der Waals surface area contributed by atoms with Gasteiger partial charge < -0.3 is 20.5 Å². The molecule has 1 aliphatic rings. The average molecular weight is 368 g/mol. The van der Waals surface area contributed by atoms with Gasteiger partial charge in [0.15, 0.2) is 0 Å². The summed E-state index contributed by atoms with van der Waals surface area (Å²) in [4.78, 5) is 20.3. The molecule has 0 atom stereocenters. The molecule has 3 N–H and O–H groups in total. The number of fused-ring (bicyclic) bond motifs is 1. The van der Waals surface area contributed by atoms with Crippen LogP contribution in [0, 0.1) is 0 Å². The number of carbonyl (C=O) groups is 1. The number of hydrogen-bond donors (Lipinski definition) is 3. The van der Waals surface area contributed by atoms with Crippen molar-refractivity contribution >= 4 is 6.03 Å². The van der Waals surface area contributed by atoms with Crippen LogP contribution in [0.2, 0.25) is 0 Å². The smallest absolute Gasteiger partial charge is 0.315 e. The Hall–Kier alpha value is -3.27. The van der Waals surface area contributed by atoms with Crippen LogP contribution in [0.1, 0.15) is 23.7 Å². The van der Waals surface area contributed by atoms with Crippen LogP contribution in [0.4, 0.5) is 4.79 Å². The molecule has 3 aromatic heterocycles. The summed E-state index contributed by atoms with van der Waals surface area (Å²) in [6.07, 6.45) is 4.37. The molecule has 0 saturated heterocycles. The lowest BCUT2D eigenvalue weighted by Crippen LogP contribution is -2.34. The van der Waals surface area contributed by atoms with Gasteiger partial charge in [0.25, 0.3) is 0 Å². The maximum Gasteiger partial charge on any atom is 0.315 e. The number of rotatable bonds is 5. The molecule has 0 aromatic carbocycles. The minimum atomic E-state index is -0.322. The molecule has 0 aliphatic carbocycles. The Bertz CT molecular complexity index is 881. The monoisotopic (exact) mass is 368 g/mol. The predicted octanol–water partition coefficient (Wildman–Crippen LogP) is 0.821. The summed E-state index contributed by atoms with van der Waals surface area (Å²) in [6, 6.07) is 5.32. The lowest BCUT2D eigenvalue weighted by Gasteiger charge is -2.04. The summed E-state index contributed by atoms with van der Waals surface area (Å²) in [6.45, 7) is 3.19. The molecule has 27 heavy (non-hydrogen) atoms. The number of pyridine rings is 1. The van der Waals surface area contributed by atoms with Crippen LogP contribution in [0.5, 0.6) is 0 Å².